The monoisotopic (exact) mass is 427 g/mol. The van der Waals surface area contributed by atoms with Crippen LogP contribution in [0.15, 0.2) is 46.3 Å². The molecule has 0 fully saturated rings. The summed E-state index contributed by atoms with van der Waals surface area (Å²) < 4.78 is 0. The molecule has 0 spiro atoms. The third kappa shape index (κ3) is 5.29. The molecule has 4 atom stereocenters. The Hall–Kier alpha value is -1.65. The Bertz CT molecular complexity index is 740. The van der Waals surface area contributed by atoms with E-state index in [0.29, 0.717) is 24.8 Å². The summed E-state index contributed by atoms with van der Waals surface area (Å²) in [6.07, 6.45) is 10.4. The van der Waals surface area contributed by atoms with Gasteiger partial charge in [0.25, 0.3) is 0 Å². The van der Waals surface area contributed by atoms with Gasteiger partial charge in [-0.25, -0.2) is 0 Å². The van der Waals surface area contributed by atoms with Gasteiger partial charge in [0.15, 0.2) is 5.76 Å². The van der Waals surface area contributed by atoms with E-state index in [0.717, 1.165) is 24.8 Å². The number of allylic oxidation sites excluding steroid dienone is 6. The second-order valence-electron chi connectivity index (χ2n) is 9.27. The normalized spacial score (nSPS) is 36.7. The Balaban J connectivity index is 2.46. The standard InChI is InChI=1S/C25H38O4/c1-16-7-6-8-17(2)13-14-25(5)20(11-10-18(3)21(27)12-9-16)22(19(4)15-26)23(28)24(25)29/h7,10,13,19-21,26-28H,6,8-9,11-12,14-15H2,1-5H3/b16-7+,17-13+,18-10+/t19-,20+,21-,25-/m0/s1/i1+1,2+1,3+1,4+1,5+1,6+1,7+1,8+1,9+1,10+1,11+1,12+1,13+1,14+1,15+1,16+1,17+1,18+1,19+1,20+1,21+1,22+1,23+1,24+1,25+1. The number of Topliss-reactive ketones (excluding diaryl/α,β-unsaturated/α-hetero) is 1. The van der Waals surface area contributed by atoms with Crippen molar-refractivity contribution in [2.24, 2.45) is 17.3 Å². The molecule has 4 nitrogen and oxygen atoms in total. The molecule has 0 aromatic heterocycles. The first-order chi connectivity index (χ1) is 13.6. The minimum Gasteiger partial charge on any atom is -0.504 e. The maximum atomic E-state index is 13.1. The van der Waals surface area contributed by atoms with Gasteiger partial charge in [0.2, 0.25) is 5.78 Å². The van der Waals surface area contributed by atoms with Crippen LogP contribution in [0.4, 0.5) is 0 Å². The number of hydrogen-bond acceptors (Lipinski definition) is 4. The first-order valence-electron chi connectivity index (χ1n) is 10.9. The highest BCUT2D eigenvalue weighted by atomic mass is 16.4. The molecule has 0 aromatic carbocycles. The van der Waals surface area contributed by atoms with Crippen LogP contribution in [0.1, 0.15) is 73.1 Å². The highest BCUT2D eigenvalue weighted by Gasteiger charge is 2.51. The summed E-state index contributed by atoms with van der Waals surface area (Å²) >= 11 is 0. The number of carbonyl (C=O) groups excluding carboxylic acids is 1. The molecule has 0 saturated carbocycles. The first kappa shape index (κ1) is 23.6. The number of aliphatic hydroxyl groups excluding tert-OH is 3. The maximum absolute atomic E-state index is 13.1. The predicted molar refractivity (Wildman–Crippen MR) is 117 cm³/mol. The zero-order valence-electron chi connectivity index (χ0n) is 18.7. The summed E-state index contributed by atoms with van der Waals surface area (Å²) in [6, 6.07) is 0. The van der Waals surface area contributed by atoms with Gasteiger partial charge in [-0.05, 0) is 70.4 Å². The quantitative estimate of drug-likeness (QED) is 0.419. The average Bonchev–Trinajstić information content (AvgIpc) is 2.88. The molecule has 2 rings (SSSR count). The fourth-order valence-corrected chi connectivity index (χ4v) is 4.53. The zero-order chi connectivity index (χ0) is 21.8. The second kappa shape index (κ2) is 9.90. The molecule has 4 heteroatoms. The van der Waals surface area contributed by atoms with E-state index in [1.165, 1.54) is 11.1 Å². The topological polar surface area (TPSA) is 77.8 Å². The van der Waals surface area contributed by atoms with E-state index >= 15 is 0 Å². The van der Waals surface area contributed by atoms with Crippen molar-refractivity contribution in [2.45, 2.75) is 79.2 Å². The van der Waals surface area contributed by atoms with Crippen molar-refractivity contribution in [3.05, 3.63) is 46.3 Å². The van der Waals surface area contributed by atoms with E-state index in [1.54, 1.807) is 0 Å². The van der Waals surface area contributed by atoms with Crippen LogP contribution >= 0.6 is 0 Å². The van der Waals surface area contributed by atoms with Crippen LogP contribution in [0, 0.1) is 17.3 Å². The Kier molecular flexibility index (Phi) is 8.07. The molecule has 0 amide bonds. The molecule has 0 heterocycles. The van der Waals surface area contributed by atoms with Gasteiger partial charge in [-0.1, -0.05) is 43.2 Å². The summed E-state index contributed by atoms with van der Waals surface area (Å²) in [5.41, 5.74) is 3.36. The van der Waals surface area contributed by atoms with Crippen molar-refractivity contribution in [1.82, 2.24) is 0 Å². The summed E-state index contributed by atoms with van der Waals surface area (Å²) in [5.74, 6) is -0.860. The minimum absolute atomic E-state index is 0.107. The van der Waals surface area contributed by atoms with Crippen molar-refractivity contribution in [2.75, 3.05) is 6.61 Å². The average molecular weight is 427 g/mol. The highest BCUT2D eigenvalue weighted by molar-refractivity contribution is 6.02. The zero-order valence-corrected chi connectivity index (χ0v) is 18.7. The van der Waals surface area contributed by atoms with Crippen LogP contribution in [-0.4, -0.2) is 33.8 Å². The molecule has 2 aliphatic rings. The molecular formula is C25H38O4. The number of aliphatic hydroxyl groups is 3. The highest BCUT2D eigenvalue weighted by Crippen LogP contribution is 2.50. The van der Waals surface area contributed by atoms with Gasteiger partial charge in [-0.3, -0.25) is 4.79 Å². The van der Waals surface area contributed by atoms with Crippen LogP contribution in [0.2, 0.25) is 0 Å². The van der Waals surface area contributed by atoms with Crippen molar-refractivity contribution >= 4 is 5.78 Å². The van der Waals surface area contributed by atoms with Gasteiger partial charge >= 0.3 is 0 Å². The molecule has 0 aromatic rings. The van der Waals surface area contributed by atoms with Gasteiger partial charge in [0, 0.05) is 23.9 Å². The molecule has 3 N–H and O–H groups in total. The predicted octanol–water partition coefficient (Wildman–Crippen LogP) is 5.19. The lowest BCUT2D eigenvalue weighted by Gasteiger charge is -2.32. The van der Waals surface area contributed by atoms with Gasteiger partial charge < -0.3 is 15.3 Å². The summed E-state index contributed by atoms with van der Waals surface area (Å²) in [6.45, 7) is 9.81. The maximum Gasteiger partial charge on any atom is 0.203 e. The van der Waals surface area contributed by atoms with Crippen LogP contribution in [0.5, 0.6) is 0 Å². The Labute approximate surface area is 175 Å². The van der Waals surface area contributed by atoms with Gasteiger partial charge in [-0.15, -0.1) is 0 Å². The van der Waals surface area contributed by atoms with Crippen LogP contribution < -0.4 is 0 Å². The molecule has 0 radical (unpaired) electrons. The molecule has 162 valence electrons. The van der Waals surface area contributed by atoms with Crippen molar-refractivity contribution in [1.29, 1.82) is 0 Å². The van der Waals surface area contributed by atoms with Crippen LogP contribution in [-0.2, 0) is 4.79 Å². The third-order valence-corrected chi connectivity index (χ3v) is 6.88. The van der Waals surface area contributed by atoms with Crippen LogP contribution in [0.25, 0.3) is 0 Å². The van der Waals surface area contributed by atoms with Crippen molar-refractivity contribution in [3.63, 3.8) is 0 Å². The van der Waals surface area contributed by atoms with E-state index < -0.39 is 11.5 Å². The fraction of sp³-hybridized carbons (Fsp3) is 0.640. The smallest absolute Gasteiger partial charge is 0.203 e. The second-order valence-corrected chi connectivity index (χ2v) is 9.27. The summed E-state index contributed by atoms with van der Waals surface area (Å²) in [5, 5.41) is 30.9. The molecular weight excluding hydrogens is 389 g/mol. The molecule has 2 aliphatic carbocycles. The van der Waals surface area contributed by atoms with Gasteiger partial charge in [0.05, 0.1) is 6.10 Å². The lowest BCUT2D eigenvalue weighted by Crippen LogP contribution is -2.32. The third-order valence-electron chi connectivity index (χ3n) is 6.88. The fourth-order valence-electron chi connectivity index (χ4n) is 4.53. The van der Waals surface area contributed by atoms with Crippen molar-refractivity contribution < 1.29 is 20.1 Å². The molecule has 0 bridgehead atoms. The van der Waals surface area contributed by atoms with E-state index in [9.17, 15) is 20.1 Å². The molecule has 0 unspecified atom stereocenters. The van der Waals surface area contributed by atoms with E-state index in [1.807, 2.05) is 26.8 Å². The van der Waals surface area contributed by atoms with Gasteiger partial charge in [-0.2, -0.15) is 0 Å². The summed E-state index contributed by atoms with van der Waals surface area (Å²) in [4.78, 5) is 13.1. The lowest BCUT2D eigenvalue weighted by atomic mass is 10.7. The molecule has 0 aliphatic heterocycles. The van der Waals surface area contributed by atoms with E-state index in [2.05, 4.69) is 26.0 Å². The van der Waals surface area contributed by atoms with Crippen molar-refractivity contribution in [3.8, 4) is 0 Å². The van der Waals surface area contributed by atoms with Crippen LogP contribution in [0.3, 0.4) is 0 Å². The number of fused-ring (bicyclic) bond motifs is 1. The number of hydrogen-bond donors (Lipinski definition) is 3. The Morgan fingerprint density at radius 1 is 1.14 bits per heavy atom. The first-order valence-corrected chi connectivity index (χ1v) is 10.9. The molecule has 0 saturated heterocycles. The number of ketones is 1. The van der Waals surface area contributed by atoms with E-state index in [-0.39, 0.29) is 30.0 Å². The number of rotatable bonds is 2. The van der Waals surface area contributed by atoms with E-state index in [4.69, 9.17) is 0 Å². The Morgan fingerprint density at radius 3 is 2.45 bits per heavy atom. The Morgan fingerprint density at radius 2 is 1.79 bits per heavy atom. The molecule has 29 heavy (non-hydrogen) atoms. The SMILES string of the molecule is [13CH3]/[13C]1=[13CH]\[13CH2][13C@]2([13CH3])[13C](=O)[13C](O)=[13C]([13C@@H]([13CH3])[13CH2]O)[13C@H]2[13CH2]/[13CH]=[13C](\[13CH3])[13C@@H](O)[13CH2][13CH2]/[13C]([13CH3])=[13CH]/[13CH2][13CH2]1. The van der Waals surface area contributed by atoms with Gasteiger partial charge in [0.1, 0.15) is 0 Å². The largest absolute Gasteiger partial charge is 0.504 e. The lowest BCUT2D eigenvalue weighted by molar-refractivity contribution is -0.126. The minimum atomic E-state index is -0.738. The summed E-state index contributed by atoms with van der Waals surface area (Å²) in [7, 11) is 0. The number of carbonyl (C=O) groups is 1.